The van der Waals surface area contributed by atoms with E-state index in [0.717, 1.165) is 11.4 Å². The zero-order valence-electron chi connectivity index (χ0n) is 9.41. The fourth-order valence-electron chi connectivity index (χ4n) is 1.44. The third-order valence-electron chi connectivity index (χ3n) is 2.30. The van der Waals surface area contributed by atoms with E-state index in [-0.39, 0.29) is 0 Å². The molecule has 0 unspecified atom stereocenters. The molecule has 0 amide bonds. The van der Waals surface area contributed by atoms with E-state index in [1.807, 2.05) is 4.90 Å². The number of nitrogens with two attached hydrogens (primary N) is 1. The number of aliphatic imine (C=N–C) groups is 1. The number of amidine groups is 1. The van der Waals surface area contributed by atoms with E-state index in [0.29, 0.717) is 17.8 Å². The van der Waals surface area contributed by atoms with Gasteiger partial charge in [-0.25, -0.2) is 4.99 Å². The molecule has 0 aromatic carbocycles. The van der Waals surface area contributed by atoms with E-state index in [1.165, 1.54) is 0 Å². The van der Waals surface area contributed by atoms with Gasteiger partial charge in [-0.1, -0.05) is 20.4 Å². The minimum Gasteiger partial charge on any atom is -0.383 e. The van der Waals surface area contributed by atoms with E-state index in [2.05, 4.69) is 45.5 Å². The second kappa shape index (κ2) is 3.86. The number of hydrogen-bond acceptors (Lipinski definition) is 3. The highest BCUT2D eigenvalue weighted by atomic mass is 15.2. The monoisotopic (exact) mass is 193 g/mol. The van der Waals surface area contributed by atoms with Crippen molar-refractivity contribution in [3.63, 3.8) is 0 Å². The molecule has 0 spiro atoms. The summed E-state index contributed by atoms with van der Waals surface area (Å²) in [6.45, 7) is 12.3. The van der Waals surface area contributed by atoms with Gasteiger partial charge in [0, 0.05) is 17.8 Å². The van der Waals surface area contributed by atoms with Gasteiger partial charge >= 0.3 is 0 Å². The van der Waals surface area contributed by atoms with Crippen LogP contribution in [0.5, 0.6) is 0 Å². The molecule has 0 radical (unpaired) electrons. The van der Waals surface area contributed by atoms with Crippen LogP contribution in [0.15, 0.2) is 29.2 Å². The summed E-state index contributed by atoms with van der Waals surface area (Å²) in [5.74, 6) is 1.72. The van der Waals surface area contributed by atoms with Gasteiger partial charge in [0.25, 0.3) is 0 Å². The van der Waals surface area contributed by atoms with Crippen molar-refractivity contribution in [2.75, 3.05) is 0 Å². The minimum atomic E-state index is 0.369. The zero-order chi connectivity index (χ0) is 10.9. The standard InChI is InChI=1S/C11H19N3/c1-7(2)10-6-14(8(3)4)9(5)13-11(10)12/h6-8H,5H2,1-4H3,(H2,12,13). The molecule has 78 valence electrons. The van der Waals surface area contributed by atoms with Crippen LogP contribution in [0, 0.1) is 5.92 Å². The van der Waals surface area contributed by atoms with Crippen LogP contribution in [-0.2, 0) is 0 Å². The molecular formula is C11H19N3. The third kappa shape index (κ3) is 1.97. The molecule has 0 fully saturated rings. The van der Waals surface area contributed by atoms with E-state index in [4.69, 9.17) is 5.73 Å². The molecule has 0 aromatic rings. The molecule has 0 atom stereocenters. The Balaban J connectivity index is 3.01. The van der Waals surface area contributed by atoms with Crippen LogP contribution < -0.4 is 5.73 Å². The number of nitrogens with zero attached hydrogens (tertiary/aromatic N) is 2. The minimum absolute atomic E-state index is 0.369. The molecule has 3 heteroatoms. The first kappa shape index (κ1) is 10.8. The normalized spacial score (nSPS) is 17.6. The molecule has 0 saturated heterocycles. The highest BCUT2D eigenvalue weighted by Gasteiger charge is 2.19. The lowest BCUT2D eigenvalue weighted by atomic mass is 10.0. The van der Waals surface area contributed by atoms with Crippen molar-refractivity contribution in [1.29, 1.82) is 0 Å². The predicted molar refractivity (Wildman–Crippen MR) is 60.7 cm³/mol. The van der Waals surface area contributed by atoms with Crippen LogP contribution in [0.25, 0.3) is 0 Å². The lowest BCUT2D eigenvalue weighted by Gasteiger charge is -2.30. The Hall–Kier alpha value is -1.25. The molecule has 0 bridgehead atoms. The summed E-state index contributed by atoms with van der Waals surface area (Å²) in [5.41, 5.74) is 6.92. The summed E-state index contributed by atoms with van der Waals surface area (Å²) in [7, 11) is 0. The maximum absolute atomic E-state index is 5.83. The predicted octanol–water partition coefficient (Wildman–Crippen LogP) is 2.08. The molecule has 0 aliphatic carbocycles. The first-order valence-electron chi connectivity index (χ1n) is 4.97. The Kier molecular flexibility index (Phi) is 2.99. The van der Waals surface area contributed by atoms with Crippen molar-refractivity contribution in [3.05, 3.63) is 24.2 Å². The molecule has 1 heterocycles. The number of rotatable bonds is 2. The Morgan fingerprint density at radius 2 is 1.93 bits per heavy atom. The SMILES string of the molecule is C=C1N=C(N)C(C(C)C)=CN1C(C)C. The summed E-state index contributed by atoms with van der Waals surface area (Å²) in [5, 5.41) is 0. The van der Waals surface area contributed by atoms with Crippen molar-refractivity contribution in [1.82, 2.24) is 4.90 Å². The van der Waals surface area contributed by atoms with Gasteiger partial charge in [0.15, 0.2) is 0 Å². The van der Waals surface area contributed by atoms with Gasteiger partial charge < -0.3 is 10.6 Å². The molecule has 1 aliphatic rings. The van der Waals surface area contributed by atoms with E-state index in [9.17, 15) is 0 Å². The molecule has 0 saturated carbocycles. The van der Waals surface area contributed by atoms with Crippen LogP contribution in [0.4, 0.5) is 0 Å². The topological polar surface area (TPSA) is 41.6 Å². The van der Waals surface area contributed by atoms with Gasteiger partial charge in [-0.05, 0) is 19.8 Å². The number of hydrogen-bond donors (Lipinski definition) is 1. The van der Waals surface area contributed by atoms with Gasteiger partial charge in [-0.3, -0.25) is 0 Å². The summed E-state index contributed by atoms with van der Waals surface area (Å²) < 4.78 is 0. The third-order valence-corrected chi connectivity index (χ3v) is 2.30. The summed E-state index contributed by atoms with van der Waals surface area (Å²) in [6.07, 6.45) is 2.06. The molecular weight excluding hydrogens is 174 g/mol. The van der Waals surface area contributed by atoms with Gasteiger partial charge in [0.2, 0.25) is 0 Å². The Labute approximate surface area is 86.0 Å². The molecule has 1 rings (SSSR count). The molecule has 2 N–H and O–H groups in total. The average molecular weight is 193 g/mol. The van der Waals surface area contributed by atoms with Gasteiger partial charge in [-0.15, -0.1) is 0 Å². The molecule has 1 aliphatic heterocycles. The first-order valence-corrected chi connectivity index (χ1v) is 4.97. The maximum atomic E-state index is 5.83. The Morgan fingerprint density at radius 3 is 2.36 bits per heavy atom. The smallest absolute Gasteiger partial charge is 0.130 e. The largest absolute Gasteiger partial charge is 0.383 e. The average Bonchev–Trinajstić information content (AvgIpc) is 2.02. The quantitative estimate of drug-likeness (QED) is 0.729. The second-order valence-corrected chi connectivity index (χ2v) is 4.15. The Morgan fingerprint density at radius 1 is 1.36 bits per heavy atom. The summed E-state index contributed by atoms with van der Waals surface area (Å²) in [6, 6.07) is 0.369. The van der Waals surface area contributed by atoms with Crippen LogP contribution >= 0.6 is 0 Å². The Bertz CT molecular complexity index is 298. The van der Waals surface area contributed by atoms with Crippen molar-refractivity contribution in [2.24, 2.45) is 16.6 Å². The fraction of sp³-hybridized carbons (Fsp3) is 0.545. The van der Waals surface area contributed by atoms with Gasteiger partial charge in [-0.2, -0.15) is 0 Å². The zero-order valence-corrected chi connectivity index (χ0v) is 9.41. The van der Waals surface area contributed by atoms with Crippen LogP contribution in [0.1, 0.15) is 27.7 Å². The lowest BCUT2D eigenvalue weighted by molar-refractivity contribution is 0.374. The van der Waals surface area contributed by atoms with Crippen molar-refractivity contribution >= 4 is 5.84 Å². The van der Waals surface area contributed by atoms with E-state index < -0.39 is 0 Å². The van der Waals surface area contributed by atoms with Crippen molar-refractivity contribution in [3.8, 4) is 0 Å². The summed E-state index contributed by atoms with van der Waals surface area (Å²) in [4.78, 5) is 6.29. The molecule has 3 nitrogen and oxygen atoms in total. The van der Waals surface area contributed by atoms with Crippen LogP contribution in [0.3, 0.4) is 0 Å². The van der Waals surface area contributed by atoms with E-state index >= 15 is 0 Å². The van der Waals surface area contributed by atoms with Gasteiger partial charge in [0.1, 0.15) is 11.7 Å². The molecule has 14 heavy (non-hydrogen) atoms. The summed E-state index contributed by atoms with van der Waals surface area (Å²) >= 11 is 0. The van der Waals surface area contributed by atoms with Crippen molar-refractivity contribution in [2.45, 2.75) is 33.7 Å². The second-order valence-electron chi connectivity index (χ2n) is 4.15. The lowest BCUT2D eigenvalue weighted by Crippen LogP contribution is -2.32. The van der Waals surface area contributed by atoms with E-state index in [1.54, 1.807) is 0 Å². The van der Waals surface area contributed by atoms with Crippen LogP contribution in [-0.4, -0.2) is 16.8 Å². The van der Waals surface area contributed by atoms with Crippen LogP contribution in [0.2, 0.25) is 0 Å². The molecule has 0 aromatic heterocycles. The highest BCUT2D eigenvalue weighted by molar-refractivity contribution is 5.98. The highest BCUT2D eigenvalue weighted by Crippen LogP contribution is 2.21. The van der Waals surface area contributed by atoms with Gasteiger partial charge in [0.05, 0.1) is 0 Å². The van der Waals surface area contributed by atoms with Crippen molar-refractivity contribution < 1.29 is 0 Å². The maximum Gasteiger partial charge on any atom is 0.130 e. The first-order chi connectivity index (χ1) is 6.43. The fourth-order valence-corrected chi connectivity index (χ4v) is 1.44.